The minimum Gasteiger partial charge on any atom is -0.296 e. The highest BCUT2D eigenvalue weighted by Gasteiger charge is 2.19. The summed E-state index contributed by atoms with van der Waals surface area (Å²) in [6, 6.07) is 11.5. The fourth-order valence-electron chi connectivity index (χ4n) is 2.89. The number of thiazole rings is 1. The Labute approximate surface area is 177 Å². The van der Waals surface area contributed by atoms with Crippen LogP contribution in [0.15, 0.2) is 57.1 Å². The van der Waals surface area contributed by atoms with Crippen molar-refractivity contribution in [1.29, 1.82) is 0 Å². The number of amides is 1. The smallest absolute Gasteiger partial charge is 0.281 e. The number of carbonyl (C=O) groups excluding carboxylic acids is 1. The first-order valence-corrected chi connectivity index (χ1v) is 10.4. The number of rotatable bonds is 4. The fraction of sp³-hybridized carbons (Fsp3) is 0.100. The van der Waals surface area contributed by atoms with E-state index in [0.717, 1.165) is 16.1 Å². The van der Waals surface area contributed by atoms with Crippen molar-refractivity contribution in [2.24, 2.45) is 0 Å². The molecule has 0 aliphatic rings. The average molecular weight is 473 g/mol. The van der Waals surface area contributed by atoms with Gasteiger partial charge >= 0.3 is 0 Å². The van der Waals surface area contributed by atoms with Gasteiger partial charge in [-0.1, -0.05) is 28.1 Å². The highest BCUT2D eigenvalue weighted by Crippen LogP contribution is 2.26. The van der Waals surface area contributed by atoms with Crippen molar-refractivity contribution < 1.29 is 9.18 Å². The Kier molecular flexibility index (Phi) is 5.25. The number of nitrogens with zero attached hydrogens (tertiary/aromatic N) is 3. The second kappa shape index (κ2) is 7.84. The van der Waals surface area contributed by atoms with E-state index in [4.69, 9.17) is 0 Å². The third-order valence-corrected chi connectivity index (χ3v) is 5.58. The van der Waals surface area contributed by atoms with Crippen LogP contribution in [0.4, 0.5) is 9.52 Å². The van der Waals surface area contributed by atoms with Gasteiger partial charge < -0.3 is 0 Å². The third-order valence-electron chi connectivity index (χ3n) is 4.30. The monoisotopic (exact) mass is 472 g/mol. The van der Waals surface area contributed by atoms with Gasteiger partial charge in [-0.3, -0.25) is 19.6 Å². The number of hydrogen-bond acceptors (Lipinski definition) is 5. The van der Waals surface area contributed by atoms with E-state index in [2.05, 4.69) is 31.3 Å². The molecule has 2 aromatic heterocycles. The van der Waals surface area contributed by atoms with Crippen molar-refractivity contribution in [2.75, 3.05) is 5.32 Å². The standard InChI is InChI=1S/C20H14BrFN4O2S/c1-2-26-16-8-7-13(22)9-14(16)18(27)17(25-26)19(28)24-20-23-15(10-29-20)11-3-5-12(21)6-4-11/h3-10H,2H2,1H3,(H,23,24,28). The van der Waals surface area contributed by atoms with Gasteiger partial charge in [0, 0.05) is 22.0 Å². The quantitative estimate of drug-likeness (QED) is 0.467. The molecule has 2 aromatic carbocycles. The van der Waals surface area contributed by atoms with Crippen LogP contribution in [0.25, 0.3) is 22.2 Å². The molecule has 0 fully saturated rings. The van der Waals surface area contributed by atoms with Crippen LogP contribution in [0.5, 0.6) is 0 Å². The molecule has 9 heteroatoms. The van der Waals surface area contributed by atoms with Crippen LogP contribution in [0.2, 0.25) is 0 Å². The first-order valence-electron chi connectivity index (χ1n) is 8.69. The van der Waals surface area contributed by atoms with E-state index < -0.39 is 17.2 Å². The Balaban J connectivity index is 1.67. The van der Waals surface area contributed by atoms with Crippen LogP contribution in [0.1, 0.15) is 17.4 Å². The normalized spacial score (nSPS) is 11.0. The molecule has 6 nitrogen and oxygen atoms in total. The van der Waals surface area contributed by atoms with Crippen LogP contribution in [0, 0.1) is 5.82 Å². The van der Waals surface area contributed by atoms with E-state index in [1.54, 1.807) is 0 Å². The summed E-state index contributed by atoms with van der Waals surface area (Å²) in [5, 5.41) is 9.05. The molecule has 0 bridgehead atoms. The van der Waals surface area contributed by atoms with Crippen LogP contribution in [0.3, 0.4) is 0 Å². The number of nitrogens with one attached hydrogen (secondary N) is 1. The maximum atomic E-state index is 13.6. The molecule has 29 heavy (non-hydrogen) atoms. The highest BCUT2D eigenvalue weighted by molar-refractivity contribution is 9.10. The Morgan fingerprint density at radius 2 is 2.00 bits per heavy atom. The van der Waals surface area contributed by atoms with Gasteiger partial charge in [0.15, 0.2) is 10.8 Å². The number of benzene rings is 2. The van der Waals surface area contributed by atoms with Gasteiger partial charge in [-0.2, -0.15) is 5.10 Å². The lowest BCUT2D eigenvalue weighted by Crippen LogP contribution is -2.27. The van der Waals surface area contributed by atoms with Gasteiger partial charge in [0.2, 0.25) is 5.43 Å². The van der Waals surface area contributed by atoms with Crippen molar-refractivity contribution in [3.8, 4) is 11.3 Å². The van der Waals surface area contributed by atoms with Crippen LogP contribution in [-0.4, -0.2) is 20.7 Å². The van der Waals surface area contributed by atoms with Gasteiger partial charge in [-0.05, 0) is 37.3 Å². The van der Waals surface area contributed by atoms with E-state index in [1.807, 2.05) is 36.6 Å². The molecule has 0 atom stereocenters. The average Bonchev–Trinajstić information content (AvgIpc) is 3.17. The third kappa shape index (κ3) is 3.83. The highest BCUT2D eigenvalue weighted by atomic mass is 79.9. The molecule has 0 saturated heterocycles. The summed E-state index contributed by atoms with van der Waals surface area (Å²) in [6.07, 6.45) is 0. The lowest BCUT2D eigenvalue weighted by atomic mass is 10.2. The number of aromatic nitrogens is 3. The zero-order valence-corrected chi connectivity index (χ0v) is 17.6. The molecular formula is C20H14BrFN4O2S. The molecule has 0 saturated carbocycles. The molecule has 146 valence electrons. The minimum absolute atomic E-state index is 0.113. The number of aryl methyl sites for hydroxylation is 1. The summed E-state index contributed by atoms with van der Waals surface area (Å²) in [6.45, 7) is 2.25. The number of anilines is 1. The second-order valence-corrected chi connectivity index (χ2v) is 7.93. The van der Waals surface area contributed by atoms with E-state index in [0.29, 0.717) is 22.9 Å². The number of fused-ring (bicyclic) bond motifs is 1. The lowest BCUT2D eigenvalue weighted by molar-refractivity contribution is 0.101. The SMILES string of the molecule is CCn1nc(C(=O)Nc2nc(-c3ccc(Br)cc3)cs2)c(=O)c2cc(F)ccc21. The summed E-state index contributed by atoms with van der Waals surface area (Å²) < 4.78 is 16.1. The molecule has 4 rings (SSSR count). The van der Waals surface area contributed by atoms with Crippen molar-refractivity contribution >= 4 is 49.2 Å². The number of hydrogen-bond donors (Lipinski definition) is 1. The first-order chi connectivity index (χ1) is 14.0. The molecule has 1 amide bonds. The van der Waals surface area contributed by atoms with Crippen molar-refractivity contribution in [2.45, 2.75) is 13.5 Å². The second-order valence-electron chi connectivity index (χ2n) is 6.15. The molecule has 0 radical (unpaired) electrons. The fourth-order valence-corrected chi connectivity index (χ4v) is 3.87. The van der Waals surface area contributed by atoms with Crippen LogP contribution < -0.4 is 10.7 Å². The molecule has 0 unspecified atom stereocenters. The summed E-state index contributed by atoms with van der Waals surface area (Å²) in [4.78, 5) is 29.8. The predicted molar refractivity (Wildman–Crippen MR) is 115 cm³/mol. The number of halogens is 2. The van der Waals surface area contributed by atoms with E-state index in [9.17, 15) is 14.0 Å². The van der Waals surface area contributed by atoms with E-state index in [1.165, 1.54) is 28.2 Å². The van der Waals surface area contributed by atoms with E-state index in [-0.39, 0.29) is 11.1 Å². The Bertz CT molecular complexity index is 1280. The van der Waals surface area contributed by atoms with Gasteiger partial charge in [0.1, 0.15) is 5.82 Å². The molecule has 0 aliphatic heterocycles. The van der Waals surface area contributed by atoms with Crippen LogP contribution in [-0.2, 0) is 6.54 Å². The van der Waals surface area contributed by atoms with Crippen LogP contribution >= 0.6 is 27.3 Å². The summed E-state index contributed by atoms with van der Waals surface area (Å²) >= 11 is 4.63. The minimum atomic E-state index is -0.680. The zero-order valence-electron chi connectivity index (χ0n) is 15.1. The summed E-state index contributed by atoms with van der Waals surface area (Å²) in [5.74, 6) is -1.23. The van der Waals surface area contributed by atoms with Crippen molar-refractivity contribution in [3.05, 3.63) is 74.1 Å². The number of carbonyl (C=O) groups is 1. The van der Waals surface area contributed by atoms with Gasteiger partial charge in [0.05, 0.1) is 16.6 Å². The van der Waals surface area contributed by atoms with Crippen molar-refractivity contribution in [1.82, 2.24) is 14.8 Å². The van der Waals surface area contributed by atoms with Gasteiger partial charge in [0.25, 0.3) is 5.91 Å². The molecular weight excluding hydrogens is 459 g/mol. The molecule has 0 aliphatic carbocycles. The molecule has 0 spiro atoms. The first kappa shape index (κ1) is 19.4. The Morgan fingerprint density at radius 1 is 1.24 bits per heavy atom. The largest absolute Gasteiger partial charge is 0.296 e. The van der Waals surface area contributed by atoms with E-state index >= 15 is 0 Å². The molecule has 2 heterocycles. The summed E-state index contributed by atoms with van der Waals surface area (Å²) in [7, 11) is 0. The lowest BCUT2D eigenvalue weighted by Gasteiger charge is -2.09. The van der Waals surface area contributed by atoms with Gasteiger partial charge in [-0.15, -0.1) is 11.3 Å². The maximum Gasteiger partial charge on any atom is 0.281 e. The Morgan fingerprint density at radius 3 is 2.72 bits per heavy atom. The Hall–Kier alpha value is -2.91. The molecule has 4 aromatic rings. The maximum absolute atomic E-state index is 13.6. The topological polar surface area (TPSA) is 76.9 Å². The zero-order chi connectivity index (χ0) is 20.5. The summed E-state index contributed by atoms with van der Waals surface area (Å²) in [5.41, 5.74) is 1.16. The molecule has 1 N–H and O–H groups in total. The van der Waals surface area contributed by atoms with Gasteiger partial charge in [-0.25, -0.2) is 9.37 Å². The predicted octanol–water partition coefficient (Wildman–Crippen LogP) is 4.69. The van der Waals surface area contributed by atoms with Crippen molar-refractivity contribution in [3.63, 3.8) is 0 Å².